The summed E-state index contributed by atoms with van der Waals surface area (Å²) in [5, 5.41) is 5.77. The van der Waals surface area contributed by atoms with Gasteiger partial charge in [-0.25, -0.2) is 0 Å². The molecule has 2 heterocycles. The van der Waals surface area contributed by atoms with Crippen LogP contribution in [0.1, 0.15) is 5.56 Å². The average molecular weight is 274 g/mol. The number of rotatable bonds is 3. The molecular formula is C18H14N2O. The second-order valence-corrected chi connectivity index (χ2v) is 4.99. The van der Waals surface area contributed by atoms with E-state index in [1.807, 2.05) is 48.9 Å². The van der Waals surface area contributed by atoms with Gasteiger partial charge in [-0.2, -0.15) is 0 Å². The van der Waals surface area contributed by atoms with Gasteiger partial charge in [-0.1, -0.05) is 24.3 Å². The van der Waals surface area contributed by atoms with E-state index in [2.05, 4.69) is 28.5 Å². The highest BCUT2D eigenvalue weighted by Crippen LogP contribution is 2.24. The second kappa shape index (κ2) is 4.94. The number of para-hydroxylation sites is 1. The lowest BCUT2D eigenvalue weighted by Crippen LogP contribution is -1.99. The van der Waals surface area contributed by atoms with Crippen molar-refractivity contribution in [1.82, 2.24) is 4.98 Å². The third kappa shape index (κ3) is 2.13. The van der Waals surface area contributed by atoms with Crippen molar-refractivity contribution >= 4 is 27.6 Å². The zero-order valence-corrected chi connectivity index (χ0v) is 11.4. The molecule has 0 saturated carbocycles. The van der Waals surface area contributed by atoms with Gasteiger partial charge in [0.05, 0.1) is 11.8 Å². The van der Waals surface area contributed by atoms with Crippen LogP contribution in [0.15, 0.2) is 71.5 Å². The van der Waals surface area contributed by atoms with Crippen LogP contribution in [-0.4, -0.2) is 4.98 Å². The summed E-state index contributed by atoms with van der Waals surface area (Å²) in [6, 6.07) is 18.2. The van der Waals surface area contributed by atoms with Gasteiger partial charge >= 0.3 is 0 Å². The van der Waals surface area contributed by atoms with Crippen LogP contribution >= 0.6 is 0 Å². The molecule has 0 unspecified atom stereocenters. The summed E-state index contributed by atoms with van der Waals surface area (Å²) in [5.74, 6) is 0. The van der Waals surface area contributed by atoms with Crippen LogP contribution in [0.5, 0.6) is 0 Å². The number of anilines is 1. The minimum absolute atomic E-state index is 0.727. The molecule has 0 spiro atoms. The second-order valence-electron chi connectivity index (χ2n) is 4.99. The lowest BCUT2D eigenvalue weighted by Gasteiger charge is -2.08. The molecule has 0 bridgehead atoms. The quantitative estimate of drug-likeness (QED) is 0.593. The fourth-order valence-electron chi connectivity index (χ4n) is 2.62. The molecule has 0 fully saturated rings. The Kier molecular flexibility index (Phi) is 2.82. The van der Waals surface area contributed by atoms with Gasteiger partial charge in [-0.3, -0.25) is 4.98 Å². The first-order valence-corrected chi connectivity index (χ1v) is 6.94. The molecule has 2 aromatic carbocycles. The summed E-state index contributed by atoms with van der Waals surface area (Å²) in [6.07, 6.45) is 3.64. The van der Waals surface area contributed by atoms with Gasteiger partial charge in [0.2, 0.25) is 0 Å². The van der Waals surface area contributed by atoms with E-state index in [9.17, 15) is 0 Å². The van der Waals surface area contributed by atoms with Crippen molar-refractivity contribution in [3.63, 3.8) is 0 Å². The standard InChI is InChI=1S/C18H14N2O/c1-2-9-18-14(5-1)13(12-21-18)11-20-17-8-3-7-16-15(17)6-4-10-19-16/h1-10,12,20H,11H2. The summed E-state index contributed by atoms with van der Waals surface area (Å²) in [6.45, 7) is 0.727. The van der Waals surface area contributed by atoms with E-state index in [0.29, 0.717) is 0 Å². The summed E-state index contributed by atoms with van der Waals surface area (Å²) in [5.41, 5.74) is 4.17. The maximum Gasteiger partial charge on any atom is 0.134 e. The van der Waals surface area contributed by atoms with Gasteiger partial charge in [-0.05, 0) is 30.3 Å². The molecule has 3 heteroatoms. The molecule has 2 aromatic heterocycles. The Hall–Kier alpha value is -2.81. The van der Waals surface area contributed by atoms with Crippen LogP contribution in [0.2, 0.25) is 0 Å². The van der Waals surface area contributed by atoms with Crippen LogP contribution in [0, 0.1) is 0 Å². The van der Waals surface area contributed by atoms with E-state index in [0.717, 1.165) is 39.7 Å². The number of nitrogens with one attached hydrogen (secondary N) is 1. The van der Waals surface area contributed by atoms with Gasteiger partial charge in [0.15, 0.2) is 0 Å². The number of benzene rings is 2. The lowest BCUT2D eigenvalue weighted by molar-refractivity contribution is 0.611. The monoisotopic (exact) mass is 274 g/mol. The third-order valence-electron chi connectivity index (χ3n) is 3.68. The van der Waals surface area contributed by atoms with E-state index in [1.165, 1.54) is 0 Å². The molecule has 102 valence electrons. The van der Waals surface area contributed by atoms with Gasteiger partial charge in [0, 0.05) is 34.8 Å². The third-order valence-corrected chi connectivity index (χ3v) is 3.68. The van der Waals surface area contributed by atoms with Crippen LogP contribution in [0.4, 0.5) is 5.69 Å². The van der Waals surface area contributed by atoms with Crippen LogP contribution in [0.25, 0.3) is 21.9 Å². The van der Waals surface area contributed by atoms with Crippen molar-refractivity contribution in [1.29, 1.82) is 0 Å². The highest BCUT2D eigenvalue weighted by Gasteiger charge is 2.06. The Labute approximate surface area is 122 Å². The molecule has 0 atom stereocenters. The largest absolute Gasteiger partial charge is 0.464 e. The van der Waals surface area contributed by atoms with Crippen LogP contribution < -0.4 is 5.32 Å². The molecule has 21 heavy (non-hydrogen) atoms. The number of pyridine rings is 1. The lowest BCUT2D eigenvalue weighted by atomic mass is 10.1. The van der Waals surface area contributed by atoms with Crippen LogP contribution in [0.3, 0.4) is 0 Å². The molecule has 4 aromatic rings. The van der Waals surface area contributed by atoms with Crippen molar-refractivity contribution in [3.05, 3.63) is 72.6 Å². The fourth-order valence-corrected chi connectivity index (χ4v) is 2.62. The first-order chi connectivity index (χ1) is 10.4. The maximum atomic E-state index is 5.57. The van der Waals surface area contributed by atoms with Crippen molar-refractivity contribution < 1.29 is 4.42 Å². The van der Waals surface area contributed by atoms with Crippen molar-refractivity contribution in [2.24, 2.45) is 0 Å². The zero-order chi connectivity index (χ0) is 14.1. The fraction of sp³-hybridized carbons (Fsp3) is 0.0556. The summed E-state index contributed by atoms with van der Waals surface area (Å²) >= 11 is 0. The first-order valence-electron chi connectivity index (χ1n) is 6.94. The molecular weight excluding hydrogens is 260 g/mol. The van der Waals surface area contributed by atoms with Gasteiger partial charge in [0.1, 0.15) is 5.58 Å². The summed E-state index contributed by atoms with van der Waals surface area (Å²) in [4.78, 5) is 4.38. The van der Waals surface area contributed by atoms with Crippen molar-refractivity contribution in [2.75, 3.05) is 5.32 Å². The average Bonchev–Trinajstić information content (AvgIpc) is 2.96. The first kappa shape index (κ1) is 12.0. The van der Waals surface area contributed by atoms with Crippen molar-refractivity contribution in [2.45, 2.75) is 6.54 Å². The Bertz CT molecular complexity index is 906. The minimum Gasteiger partial charge on any atom is -0.464 e. The minimum atomic E-state index is 0.727. The summed E-state index contributed by atoms with van der Waals surface area (Å²) in [7, 11) is 0. The molecule has 3 nitrogen and oxygen atoms in total. The highest BCUT2D eigenvalue weighted by molar-refractivity contribution is 5.91. The van der Waals surface area contributed by atoms with E-state index in [4.69, 9.17) is 4.42 Å². The van der Waals surface area contributed by atoms with E-state index in [1.54, 1.807) is 0 Å². The topological polar surface area (TPSA) is 38.1 Å². The Morgan fingerprint density at radius 1 is 0.905 bits per heavy atom. The zero-order valence-electron chi connectivity index (χ0n) is 11.4. The number of nitrogens with zero attached hydrogens (tertiary/aromatic N) is 1. The molecule has 0 radical (unpaired) electrons. The van der Waals surface area contributed by atoms with E-state index >= 15 is 0 Å². The van der Waals surface area contributed by atoms with E-state index in [-0.39, 0.29) is 0 Å². The number of fused-ring (bicyclic) bond motifs is 2. The van der Waals surface area contributed by atoms with Gasteiger partial charge in [0.25, 0.3) is 0 Å². The molecule has 0 saturated heterocycles. The normalized spacial score (nSPS) is 11.0. The molecule has 0 aliphatic carbocycles. The number of furan rings is 1. The van der Waals surface area contributed by atoms with Gasteiger partial charge in [-0.15, -0.1) is 0 Å². The summed E-state index contributed by atoms with van der Waals surface area (Å²) < 4.78 is 5.57. The number of hydrogen-bond acceptors (Lipinski definition) is 3. The highest BCUT2D eigenvalue weighted by atomic mass is 16.3. The predicted molar refractivity (Wildman–Crippen MR) is 85.3 cm³/mol. The van der Waals surface area contributed by atoms with Gasteiger partial charge < -0.3 is 9.73 Å². The number of aromatic nitrogens is 1. The Morgan fingerprint density at radius 3 is 2.81 bits per heavy atom. The van der Waals surface area contributed by atoms with E-state index < -0.39 is 0 Å². The molecule has 4 rings (SSSR count). The number of hydrogen-bond donors (Lipinski definition) is 1. The Balaban J connectivity index is 1.67. The molecule has 0 aliphatic rings. The maximum absolute atomic E-state index is 5.57. The molecule has 1 N–H and O–H groups in total. The van der Waals surface area contributed by atoms with Crippen LogP contribution in [-0.2, 0) is 6.54 Å². The molecule has 0 amide bonds. The molecule has 0 aliphatic heterocycles. The smallest absolute Gasteiger partial charge is 0.134 e. The predicted octanol–water partition coefficient (Wildman–Crippen LogP) is 4.59. The Morgan fingerprint density at radius 2 is 1.81 bits per heavy atom. The SMILES string of the molecule is c1cc(NCc2coc3ccccc23)c2cccnc2c1. The van der Waals surface area contributed by atoms with Crippen molar-refractivity contribution in [3.8, 4) is 0 Å².